The molecule has 0 radical (unpaired) electrons. The van der Waals surface area contributed by atoms with Crippen LogP contribution in [-0.2, 0) is 23.8 Å². The number of morpholine rings is 1. The van der Waals surface area contributed by atoms with Crippen LogP contribution in [-0.4, -0.2) is 152 Å². The van der Waals surface area contributed by atoms with Gasteiger partial charge in [0.2, 0.25) is 5.91 Å². The van der Waals surface area contributed by atoms with Gasteiger partial charge in [-0.3, -0.25) is 14.5 Å². The first-order chi connectivity index (χ1) is 22.4. The van der Waals surface area contributed by atoms with Gasteiger partial charge >= 0.3 is 12.1 Å². The molecule has 48 heavy (non-hydrogen) atoms. The zero-order chi connectivity index (χ0) is 35.6. The molecule has 3 saturated heterocycles. The van der Waals surface area contributed by atoms with Crippen LogP contribution in [0.5, 0.6) is 0 Å². The molecule has 270 valence electrons. The van der Waals surface area contributed by atoms with Gasteiger partial charge in [-0.15, -0.1) is 0 Å². The van der Waals surface area contributed by atoms with E-state index in [1.807, 2.05) is 0 Å². The molecule has 4 heterocycles. The van der Waals surface area contributed by atoms with E-state index >= 15 is 0 Å². The summed E-state index contributed by atoms with van der Waals surface area (Å²) >= 11 is 0. The minimum Gasteiger partial charge on any atom is -0.479 e. The molecular weight excluding hydrogens is 634 g/mol. The molecule has 1 spiro atoms. The number of hydrogen-bond donors (Lipinski definition) is 6. The van der Waals surface area contributed by atoms with E-state index in [1.54, 1.807) is 39.5 Å². The van der Waals surface area contributed by atoms with Gasteiger partial charge in [-0.1, -0.05) is 0 Å². The number of carbonyl (C=O) groups excluding carboxylic acids is 3. The molecular formula is C31H49N5O12. The van der Waals surface area contributed by atoms with Crippen molar-refractivity contribution in [3.05, 3.63) is 17.3 Å². The predicted octanol–water partition coefficient (Wildman–Crippen LogP) is -0.677. The summed E-state index contributed by atoms with van der Waals surface area (Å²) in [6, 6.07) is -1.28. The van der Waals surface area contributed by atoms with Crippen molar-refractivity contribution in [1.29, 1.82) is 0 Å². The largest absolute Gasteiger partial charge is 0.479 e. The van der Waals surface area contributed by atoms with E-state index in [-0.39, 0.29) is 30.3 Å². The Morgan fingerprint density at radius 3 is 2.48 bits per heavy atom. The Bertz CT molecular complexity index is 1350. The summed E-state index contributed by atoms with van der Waals surface area (Å²) in [5.41, 5.74) is -3.31. The molecule has 7 atom stereocenters. The number of hydrogen-bond acceptors (Lipinski definition) is 13. The van der Waals surface area contributed by atoms with Crippen molar-refractivity contribution >= 4 is 23.9 Å². The molecule has 3 aliphatic rings. The Morgan fingerprint density at radius 2 is 1.88 bits per heavy atom. The molecule has 17 heteroatoms. The number of carboxylic acid groups (broad SMARTS) is 1. The monoisotopic (exact) mass is 683 g/mol. The highest BCUT2D eigenvalue weighted by Gasteiger charge is 2.55. The number of carboxylic acids is 1. The minimum absolute atomic E-state index is 0.00286. The Balaban J connectivity index is 1.50. The number of ether oxygens (including phenoxy) is 3. The zero-order valence-corrected chi connectivity index (χ0v) is 28.4. The third-order valence-corrected chi connectivity index (χ3v) is 9.07. The van der Waals surface area contributed by atoms with Crippen LogP contribution < -0.4 is 10.6 Å². The van der Waals surface area contributed by atoms with Crippen molar-refractivity contribution in [2.24, 2.45) is 0 Å². The number of aliphatic hydroxyl groups is 3. The SMILES string of the molecule is CC(=O)N[C@H]1[C@H]([C@H](O)[C@H](O)CNC(=O)c2nc(C)oc2C)O[C@@](CCN2CCOC[C@@]23CCN(C(=O)OC(C)(C)C)C3)(C(=O)O)C[C@@H]1O. The first-order valence-electron chi connectivity index (χ1n) is 16.1. The van der Waals surface area contributed by atoms with Gasteiger partial charge in [-0.05, 0) is 34.1 Å². The number of nitrogens with zero attached hydrogens (tertiary/aromatic N) is 3. The molecule has 17 nitrogen and oxygen atoms in total. The molecule has 3 amide bonds. The van der Waals surface area contributed by atoms with E-state index in [1.165, 1.54) is 6.92 Å². The number of aromatic nitrogens is 1. The number of likely N-dealkylation sites (tertiary alicyclic amines) is 1. The number of nitrogens with one attached hydrogen (secondary N) is 2. The van der Waals surface area contributed by atoms with Crippen LogP contribution in [0.4, 0.5) is 4.79 Å². The summed E-state index contributed by atoms with van der Waals surface area (Å²) in [5, 5.41) is 48.8. The van der Waals surface area contributed by atoms with Gasteiger partial charge in [0.1, 0.15) is 23.6 Å². The first kappa shape index (κ1) is 37.5. The van der Waals surface area contributed by atoms with Gasteiger partial charge in [-0.2, -0.15) is 0 Å². The second-order valence-electron chi connectivity index (χ2n) is 14.0. The lowest BCUT2D eigenvalue weighted by molar-refractivity contribution is -0.231. The lowest BCUT2D eigenvalue weighted by Crippen LogP contribution is -2.68. The summed E-state index contributed by atoms with van der Waals surface area (Å²) in [6.45, 7) is 11.2. The predicted molar refractivity (Wildman–Crippen MR) is 166 cm³/mol. The van der Waals surface area contributed by atoms with Crippen LogP contribution in [0.2, 0.25) is 0 Å². The number of aliphatic hydroxyl groups excluding tert-OH is 3. The maximum Gasteiger partial charge on any atom is 0.410 e. The number of aryl methyl sites for hydroxylation is 2. The average molecular weight is 684 g/mol. The fourth-order valence-electron chi connectivity index (χ4n) is 6.67. The summed E-state index contributed by atoms with van der Waals surface area (Å²) < 4.78 is 22.7. The van der Waals surface area contributed by atoms with Crippen molar-refractivity contribution < 1.29 is 58.2 Å². The highest BCUT2D eigenvalue weighted by molar-refractivity contribution is 5.93. The average Bonchev–Trinajstić information content (AvgIpc) is 3.57. The van der Waals surface area contributed by atoms with Crippen LogP contribution >= 0.6 is 0 Å². The van der Waals surface area contributed by atoms with Crippen LogP contribution in [0.1, 0.15) is 69.1 Å². The molecule has 0 unspecified atom stereocenters. The lowest BCUT2D eigenvalue weighted by atomic mass is 9.81. The van der Waals surface area contributed by atoms with E-state index in [4.69, 9.17) is 18.6 Å². The second kappa shape index (κ2) is 14.6. The zero-order valence-electron chi connectivity index (χ0n) is 28.4. The third kappa shape index (κ3) is 8.44. The van der Waals surface area contributed by atoms with Gasteiger partial charge in [0.05, 0.1) is 37.0 Å². The standard InChI is InChI=1S/C31H49N5O12/c1-17-22(34-19(3)46-17)26(41)32-14-21(39)24(40)25-23(33-18(2)37)20(38)13-31(47-25,27(42)43)8-10-36-11-12-45-16-30(36)7-9-35(15-30)28(44)48-29(4,5)6/h20-21,23-25,38-40H,7-16H2,1-6H3,(H,32,41)(H,33,37)(H,42,43)/t20-,21+,23+,24+,25+,30-,31+/m0/s1. The Kier molecular flexibility index (Phi) is 11.4. The molecule has 4 rings (SSSR count). The molecule has 1 aromatic rings. The topological polar surface area (TPSA) is 233 Å². The van der Waals surface area contributed by atoms with Crippen molar-refractivity contribution in [1.82, 2.24) is 25.4 Å². The summed E-state index contributed by atoms with van der Waals surface area (Å²) in [6.07, 6.45) is -7.04. The normalized spacial score (nSPS) is 29.4. The van der Waals surface area contributed by atoms with Crippen molar-refractivity contribution in [2.45, 2.75) is 108 Å². The summed E-state index contributed by atoms with van der Waals surface area (Å²) in [4.78, 5) is 58.1. The quantitative estimate of drug-likeness (QED) is 0.180. The van der Waals surface area contributed by atoms with Gasteiger partial charge in [-0.25, -0.2) is 14.6 Å². The fourth-order valence-corrected chi connectivity index (χ4v) is 6.67. The summed E-state index contributed by atoms with van der Waals surface area (Å²) in [7, 11) is 0. The maximum atomic E-state index is 12.9. The smallest absolute Gasteiger partial charge is 0.410 e. The molecule has 3 aliphatic heterocycles. The van der Waals surface area contributed by atoms with Crippen molar-refractivity contribution in [3.8, 4) is 0 Å². The van der Waals surface area contributed by atoms with E-state index in [2.05, 4.69) is 20.5 Å². The van der Waals surface area contributed by atoms with E-state index < -0.39 is 84.0 Å². The molecule has 0 bridgehead atoms. The second-order valence-corrected chi connectivity index (χ2v) is 14.0. The van der Waals surface area contributed by atoms with Crippen LogP contribution in [0.25, 0.3) is 0 Å². The first-order valence-corrected chi connectivity index (χ1v) is 16.1. The molecule has 0 saturated carbocycles. The maximum absolute atomic E-state index is 12.9. The van der Waals surface area contributed by atoms with Gasteiger partial charge in [0, 0.05) is 59.4 Å². The van der Waals surface area contributed by atoms with Crippen LogP contribution in [0.3, 0.4) is 0 Å². The van der Waals surface area contributed by atoms with E-state index in [0.717, 1.165) is 0 Å². The van der Waals surface area contributed by atoms with E-state index in [0.29, 0.717) is 39.3 Å². The number of amides is 3. The highest BCUT2D eigenvalue weighted by Crippen LogP contribution is 2.38. The number of rotatable bonds is 10. The molecule has 6 N–H and O–H groups in total. The highest BCUT2D eigenvalue weighted by atomic mass is 16.6. The molecule has 3 fully saturated rings. The van der Waals surface area contributed by atoms with Crippen molar-refractivity contribution in [2.75, 3.05) is 45.9 Å². The Labute approximate surface area is 278 Å². The third-order valence-electron chi connectivity index (χ3n) is 9.07. The summed E-state index contributed by atoms with van der Waals surface area (Å²) in [5.74, 6) is -2.12. The molecule has 0 aliphatic carbocycles. The fraction of sp³-hybridized carbons (Fsp3) is 0.774. The number of oxazole rings is 1. The molecule has 1 aromatic heterocycles. The number of aliphatic carboxylic acids is 1. The van der Waals surface area contributed by atoms with E-state index in [9.17, 15) is 39.6 Å². The van der Waals surface area contributed by atoms with Crippen molar-refractivity contribution in [3.63, 3.8) is 0 Å². The Hall–Kier alpha value is -3.35. The van der Waals surface area contributed by atoms with Gasteiger partial charge < -0.3 is 54.6 Å². The van der Waals surface area contributed by atoms with Gasteiger partial charge in [0.15, 0.2) is 17.2 Å². The number of carbonyl (C=O) groups is 4. The lowest BCUT2D eigenvalue weighted by Gasteiger charge is -2.49. The van der Waals surface area contributed by atoms with Gasteiger partial charge in [0.25, 0.3) is 5.91 Å². The van der Waals surface area contributed by atoms with Crippen LogP contribution in [0, 0.1) is 13.8 Å². The minimum atomic E-state index is -2.03. The Morgan fingerprint density at radius 1 is 1.17 bits per heavy atom. The molecule has 0 aromatic carbocycles. The van der Waals surface area contributed by atoms with Crippen LogP contribution in [0.15, 0.2) is 4.42 Å².